The van der Waals surface area contributed by atoms with Crippen molar-refractivity contribution in [2.24, 2.45) is 0 Å². The molecule has 0 radical (unpaired) electrons. The Hall–Kier alpha value is -1.85. The number of rotatable bonds is 6. The van der Waals surface area contributed by atoms with Gasteiger partial charge < -0.3 is 10.4 Å². The summed E-state index contributed by atoms with van der Waals surface area (Å²) in [6, 6.07) is 10.8. The second-order valence-corrected chi connectivity index (χ2v) is 7.22. The number of Topliss-reactive ketones (excluding diaryl/α,β-unsaturated/α-hetero) is 2. The number of carbonyl (C=O) groups excluding carboxylic acids is 2. The molecule has 0 aliphatic heterocycles. The summed E-state index contributed by atoms with van der Waals surface area (Å²) in [7, 11) is 0. The molecule has 148 valence electrons. The molecule has 7 heteroatoms. The minimum absolute atomic E-state index is 0. The molecule has 0 fully saturated rings. The summed E-state index contributed by atoms with van der Waals surface area (Å²) in [6.07, 6.45) is 1.82. The van der Waals surface area contributed by atoms with Crippen molar-refractivity contribution in [1.82, 2.24) is 5.32 Å². The zero-order valence-corrected chi connectivity index (χ0v) is 17.5. The standard InChI is InChI=1S/C21H19Cl2NO3.ClH/c1-2-3-10-24-18(15-9-8-12(22)11-16(15)23)17-19(25)13-6-4-5-7-14(13)20(26)21(17)27;/h4-9,11,18,24-25H,2-3,10H2,1H3;1H. The number of ketones is 2. The quantitative estimate of drug-likeness (QED) is 0.454. The Morgan fingerprint density at radius 1 is 1.04 bits per heavy atom. The number of halogens is 3. The van der Waals surface area contributed by atoms with Crippen LogP contribution in [-0.4, -0.2) is 23.2 Å². The molecule has 2 aromatic carbocycles. The second-order valence-electron chi connectivity index (χ2n) is 6.37. The van der Waals surface area contributed by atoms with Crippen molar-refractivity contribution in [2.75, 3.05) is 6.54 Å². The van der Waals surface area contributed by atoms with E-state index < -0.39 is 17.6 Å². The van der Waals surface area contributed by atoms with Crippen molar-refractivity contribution < 1.29 is 14.7 Å². The van der Waals surface area contributed by atoms with Crippen molar-refractivity contribution in [3.05, 3.63) is 74.8 Å². The maximum atomic E-state index is 12.8. The Morgan fingerprint density at radius 3 is 2.36 bits per heavy atom. The molecule has 1 unspecified atom stereocenters. The molecule has 28 heavy (non-hydrogen) atoms. The summed E-state index contributed by atoms with van der Waals surface area (Å²) in [5, 5.41) is 14.9. The average Bonchev–Trinajstić information content (AvgIpc) is 2.65. The van der Waals surface area contributed by atoms with Gasteiger partial charge in [-0.05, 0) is 30.7 Å². The Morgan fingerprint density at radius 2 is 1.71 bits per heavy atom. The van der Waals surface area contributed by atoms with Gasteiger partial charge >= 0.3 is 0 Å². The largest absolute Gasteiger partial charge is 0.507 e. The van der Waals surface area contributed by atoms with Gasteiger partial charge in [-0.25, -0.2) is 0 Å². The van der Waals surface area contributed by atoms with E-state index in [0.717, 1.165) is 12.8 Å². The molecule has 2 N–H and O–H groups in total. The van der Waals surface area contributed by atoms with Gasteiger partial charge in [-0.15, -0.1) is 12.4 Å². The lowest BCUT2D eigenvalue weighted by atomic mass is 9.83. The Labute approximate surface area is 180 Å². The van der Waals surface area contributed by atoms with E-state index in [2.05, 4.69) is 5.32 Å². The van der Waals surface area contributed by atoms with Crippen LogP contribution >= 0.6 is 35.6 Å². The maximum absolute atomic E-state index is 12.8. The fourth-order valence-electron chi connectivity index (χ4n) is 3.18. The van der Waals surface area contributed by atoms with Crippen LogP contribution in [0.1, 0.15) is 47.3 Å². The van der Waals surface area contributed by atoms with Crippen LogP contribution in [0.15, 0.2) is 48.0 Å². The number of hydrogen-bond donors (Lipinski definition) is 2. The molecular weight excluding hydrogens is 421 g/mol. The van der Waals surface area contributed by atoms with Crippen molar-refractivity contribution in [1.29, 1.82) is 0 Å². The highest BCUT2D eigenvalue weighted by Gasteiger charge is 2.37. The molecule has 4 nitrogen and oxygen atoms in total. The van der Waals surface area contributed by atoms with E-state index in [1.807, 2.05) is 6.92 Å². The molecule has 0 saturated carbocycles. The van der Waals surface area contributed by atoms with Crippen LogP contribution in [-0.2, 0) is 4.79 Å². The zero-order valence-electron chi connectivity index (χ0n) is 15.2. The molecule has 0 aromatic heterocycles. The highest BCUT2D eigenvalue weighted by atomic mass is 35.5. The summed E-state index contributed by atoms with van der Waals surface area (Å²) in [4.78, 5) is 25.4. The molecular formula is C21H20Cl3NO3. The molecule has 0 bridgehead atoms. The van der Waals surface area contributed by atoms with Gasteiger partial charge in [0.2, 0.25) is 11.6 Å². The first-order chi connectivity index (χ1) is 13.0. The molecule has 1 aliphatic rings. The summed E-state index contributed by atoms with van der Waals surface area (Å²) < 4.78 is 0. The predicted molar refractivity (Wildman–Crippen MR) is 115 cm³/mol. The van der Waals surface area contributed by atoms with E-state index in [0.29, 0.717) is 27.7 Å². The van der Waals surface area contributed by atoms with Crippen LogP contribution < -0.4 is 5.32 Å². The normalized spacial score (nSPS) is 14.5. The second kappa shape index (κ2) is 9.57. The Kier molecular flexibility index (Phi) is 7.67. The fourth-order valence-corrected chi connectivity index (χ4v) is 3.70. The van der Waals surface area contributed by atoms with E-state index in [4.69, 9.17) is 23.2 Å². The summed E-state index contributed by atoms with van der Waals surface area (Å²) in [5.74, 6) is -1.56. The SMILES string of the molecule is CCCCNC(C1=C(O)c2ccccc2C(=O)C1=O)c1ccc(Cl)cc1Cl.Cl. The first kappa shape index (κ1) is 22.4. The third-order valence-electron chi connectivity index (χ3n) is 4.57. The van der Waals surface area contributed by atoms with Gasteiger partial charge in [-0.2, -0.15) is 0 Å². The lowest BCUT2D eigenvalue weighted by Crippen LogP contribution is -2.34. The third kappa shape index (κ3) is 4.26. The van der Waals surface area contributed by atoms with Gasteiger partial charge in [0.15, 0.2) is 0 Å². The predicted octanol–water partition coefficient (Wildman–Crippen LogP) is 5.58. The number of unbranched alkanes of at least 4 members (excludes halogenated alkanes) is 1. The summed E-state index contributed by atoms with van der Waals surface area (Å²) >= 11 is 12.4. The van der Waals surface area contributed by atoms with Crippen molar-refractivity contribution >= 4 is 52.9 Å². The highest BCUT2D eigenvalue weighted by molar-refractivity contribution is 6.52. The number of carbonyl (C=O) groups is 2. The number of benzene rings is 2. The van der Waals surface area contributed by atoms with E-state index in [-0.39, 0.29) is 29.3 Å². The van der Waals surface area contributed by atoms with Crippen LogP contribution in [0.25, 0.3) is 5.76 Å². The van der Waals surface area contributed by atoms with Crippen molar-refractivity contribution in [3.8, 4) is 0 Å². The van der Waals surface area contributed by atoms with E-state index in [9.17, 15) is 14.7 Å². The van der Waals surface area contributed by atoms with E-state index >= 15 is 0 Å². The van der Waals surface area contributed by atoms with Gasteiger partial charge in [-0.3, -0.25) is 9.59 Å². The molecule has 1 atom stereocenters. The number of fused-ring (bicyclic) bond motifs is 1. The first-order valence-electron chi connectivity index (χ1n) is 8.75. The van der Waals surface area contributed by atoms with Gasteiger partial charge in [-0.1, -0.05) is 66.9 Å². The lowest BCUT2D eigenvalue weighted by Gasteiger charge is -2.26. The van der Waals surface area contributed by atoms with Crippen LogP contribution in [0.4, 0.5) is 0 Å². The molecule has 3 rings (SSSR count). The topological polar surface area (TPSA) is 66.4 Å². The average molecular weight is 441 g/mol. The maximum Gasteiger partial charge on any atom is 0.235 e. The van der Waals surface area contributed by atoms with Crippen LogP contribution in [0.2, 0.25) is 10.0 Å². The third-order valence-corrected chi connectivity index (χ3v) is 5.14. The molecule has 0 spiro atoms. The van der Waals surface area contributed by atoms with Crippen molar-refractivity contribution in [2.45, 2.75) is 25.8 Å². The van der Waals surface area contributed by atoms with Crippen molar-refractivity contribution in [3.63, 3.8) is 0 Å². The molecule has 0 saturated heterocycles. The van der Waals surface area contributed by atoms with Gasteiger partial charge in [0.25, 0.3) is 0 Å². The number of nitrogens with one attached hydrogen (secondary N) is 1. The van der Waals surface area contributed by atoms with Crippen LogP contribution in [0.3, 0.4) is 0 Å². The monoisotopic (exact) mass is 439 g/mol. The molecule has 0 heterocycles. The zero-order chi connectivity index (χ0) is 19.6. The first-order valence-corrected chi connectivity index (χ1v) is 9.51. The van der Waals surface area contributed by atoms with Crippen LogP contribution in [0.5, 0.6) is 0 Å². The smallest absolute Gasteiger partial charge is 0.235 e. The van der Waals surface area contributed by atoms with E-state index in [1.54, 1.807) is 36.4 Å². The molecule has 2 aromatic rings. The number of aliphatic hydroxyl groups excluding tert-OH is 1. The molecule has 0 amide bonds. The fraction of sp³-hybridized carbons (Fsp3) is 0.238. The van der Waals surface area contributed by atoms with Gasteiger partial charge in [0.05, 0.1) is 11.6 Å². The number of aliphatic hydroxyl groups is 1. The van der Waals surface area contributed by atoms with Gasteiger partial charge in [0.1, 0.15) is 5.76 Å². The number of hydrogen-bond acceptors (Lipinski definition) is 4. The highest BCUT2D eigenvalue weighted by Crippen LogP contribution is 2.37. The Bertz CT molecular complexity index is 940. The summed E-state index contributed by atoms with van der Waals surface area (Å²) in [5.41, 5.74) is 1.15. The van der Waals surface area contributed by atoms with E-state index in [1.165, 1.54) is 6.07 Å². The summed E-state index contributed by atoms with van der Waals surface area (Å²) in [6.45, 7) is 2.65. The lowest BCUT2D eigenvalue weighted by molar-refractivity contribution is -0.112. The minimum atomic E-state index is -0.730. The van der Waals surface area contributed by atoms with Crippen LogP contribution in [0, 0.1) is 0 Å². The minimum Gasteiger partial charge on any atom is -0.507 e. The Balaban J connectivity index is 0.00000280. The molecule has 1 aliphatic carbocycles. The van der Waals surface area contributed by atoms with Gasteiger partial charge in [0, 0.05) is 21.2 Å².